The highest BCUT2D eigenvalue weighted by Gasteiger charge is 2.39. The molecule has 168 valence electrons. The number of carbonyl (C=O) groups excluding carboxylic acids is 1. The molecular weight excluding hydrogens is 459 g/mol. The number of amides is 1. The molecule has 2 aromatic carbocycles. The highest BCUT2D eigenvalue weighted by Crippen LogP contribution is 2.42. The Morgan fingerprint density at radius 1 is 1.16 bits per heavy atom. The lowest BCUT2D eigenvalue weighted by atomic mass is 9.83. The van der Waals surface area contributed by atoms with Crippen molar-refractivity contribution in [3.63, 3.8) is 0 Å². The predicted molar refractivity (Wildman–Crippen MR) is 125 cm³/mol. The van der Waals surface area contributed by atoms with Crippen LogP contribution in [-0.4, -0.2) is 32.7 Å². The molecule has 1 amide bonds. The van der Waals surface area contributed by atoms with Gasteiger partial charge in [-0.15, -0.1) is 0 Å². The summed E-state index contributed by atoms with van der Waals surface area (Å²) in [6.07, 6.45) is 3.20. The second-order valence-electron chi connectivity index (χ2n) is 7.70. The van der Waals surface area contributed by atoms with Crippen molar-refractivity contribution in [1.82, 2.24) is 5.32 Å². The van der Waals surface area contributed by atoms with Crippen LogP contribution < -0.4 is 14.4 Å². The van der Waals surface area contributed by atoms with Crippen LogP contribution in [0.3, 0.4) is 0 Å². The van der Waals surface area contributed by atoms with Gasteiger partial charge in [0.05, 0.1) is 28.0 Å². The fraction of sp³-hybridized carbons (Fsp3) is 0.409. The molecule has 0 saturated heterocycles. The van der Waals surface area contributed by atoms with Gasteiger partial charge in [0.15, 0.2) is 0 Å². The number of rotatable bonds is 7. The van der Waals surface area contributed by atoms with E-state index in [2.05, 4.69) is 19.2 Å². The number of carbonyl (C=O) groups is 1. The van der Waals surface area contributed by atoms with Crippen LogP contribution in [0.4, 0.5) is 5.69 Å². The number of benzene rings is 2. The Bertz CT molecular complexity index is 1070. The molecule has 0 saturated carbocycles. The van der Waals surface area contributed by atoms with Crippen molar-refractivity contribution in [1.29, 1.82) is 0 Å². The van der Waals surface area contributed by atoms with Gasteiger partial charge < -0.3 is 10.1 Å². The Morgan fingerprint density at radius 2 is 1.84 bits per heavy atom. The largest absolute Gasteiger partial charge is 0.487 e. The monoisotopic (exact) mass is 484 g/mol. The quantitative estimate of drug-likeness (QED) is 0.602. The molecule has 1 atom stereocenters. The van der Waals surface area contributed by atoms with E-state index < -0.39 is 22.5 Å². The van der Waals surface area contributed by atoms with Gasteiger partial charge in [-0.05, 0) is 31.0 Å². The van der Waals surface area contributed by atoms with Crippen molar-refractivity contribution in [2.24, 2.45) is 0 Å². The zero-order chi connectivity index (χ0) is 22.8. The second kappa shape index (κ2) is 9.27. The SMILES string of the molecule is CCC1(CC)C[C@@H](NC(=O)CN(c2cccc(Cl)c2Cl)S(C)(=O)=O)c2ccccc2O1. The van der Waals surface area contributed by atoms with E-state index in [0.29, 0.717) is 6.42 Å². The average Bonchev–Trinajstić information content (AvgIpc) is 2.73. The summed E-state index contributed by atoms with van der Waals surface area (Å²) in [5.41, 5.74) is 0.648. The normalized spacial score (nSPS) is 17.4. The molecule has 0 aliphatic carbocycles. The van der Waals surface area contributed by atoms with Crippen molar-refractivity contribution >= 4 is 44.8 Å². The molecule has 1 N–H and O–H groups in total. The third-order valence-corrected chi connectivity index (χ3v) is 7.64. The van der Waals surface area contributed by atoms with E-state index in [1.807, 2.05) is 24.3 Å². The Balaban J connectivity index is 1.88. The van der Waals surface area contributed by atoms with E-state index in [9.17, 15) is 13.2 Å². The molecule has 0 fully saturated rings. The van der Waals surface area contributed by atoms with Crippen LogP contribution in [0, 0.1) is 0 Å². The fourth-order valence-corrected chi connectivity index (χ4v) is 5.18. The Hall–Kier alpha value is -1.96. The van der Waals surface area contributed by atoms with E-state index >= 15 is 0 Å². The summed E-state index contributed by atoms with van der Waals surface area (Å²) in [7, 11) is -3.78. The maximum absolute atomic E-state index is 13.0. The maximum Gasteiger partial charge on any atom is 0.241 e. The second-order valence-corrected chi connectivity index (χ2v) is 10.4. The zero-order valence-electron chi connectivity index (χ0n) is 17.7. The third-order valence-electron chi connectivity index (χ3n) is 5.71. The maximum atomic E-state index is 13.0. The number of nitrogens with one attached hydrogen (secondary N) is 1. The minimum absolute atomic E-state index is 0.0785. The zero-order valence-corrected chi connectivity index (χ0v) is 20.0. The van der Waals surface area contributed by atoms with E-state index in [4.69, 9.17) is 27.9 Å². The first kappa shape index (κ1) is 23.7. The van der Waals surface area contributed by atoms with Crippen molar-refractivity contribution < 1.29 is 17.9 Å². The number of anilines is 1. The van der Waals surface area contributed by atoms with Crippen LogP contribution in [0.25, 0.3) is 0 Å². The van der Waals surface area contributed by atoms with E-state index in [0.717, 1.165) is 34.7 Å². The molecule has 0 radical (unpaired) electrons. The number of hydrogen-bond donors (Lipinski definition) is 1. The smallest absolute Gasteiger partial charge is 0.241 e. The molecule has 0 aromatic heterocycles. The topological polar surface area (TPSA) is 75.7 Å². The molecule has 31 heavy (non-hydrogen) atoms. The van der Waals surface area contributed by atoms with Crippen molar-refractivity contribution in [3.05, 3.63) is 58.1 Å². The molecule has 6 nitrogen and oxygen atoms in total. The molecule has 1 heterocycles. The van der Waals surface area contributed by atoms with Crippen molar-refractivity contribution in [3.8, 4) is 5.75 Å². The molecule has 1 aliphatic heterocycles. The summed E-state index contributed by atoms with van der Waals surface area (Å²) in [6, 6.07) is 12.0. The number of para-hydroxylation sites is 1. The highest BCUT2D eigenvalue weighted by molar-refractivity contribution is 7.92. The first-order valence-electron chi connectivity index (χ1n) is 10.1. The van der Waals surface area contributed by atoms with Crippen LogP contribution >= 0.6 is 23.2 Å². The summed E-state index contributed by atoms with van der Waals surface area (Å²) >= 11 is 12.3. The van der Waals surface area contributed by atoms with E-state index in [-0.39, 0.29) is 27.4 Å². The molecule has 9 heteroatoms. The number of nitrogens with zero attached hydrogens (tertiary/aromatic N) is 1. The van der Waals surface area contributed by atoms with Gasteiger partial charge in [-0.2, -0.15) is 0 Å². The Labute approximate surface area is 193 Å². The van der Waals surface area contributed by atoms with Crippen LogP contribution in [0.1, 0.15) is 44.7 Å². The third kappa shape index (κ3) is 5.10. The molecular formula is C22H26Cl2N2O4S. The van der Waals surface area contributed by atoms with Crippen LogP contribution in [0.2, 0.25) is 10.0 Å². The standard InChI is InChI=1S/C22H26Cl2N2O4S/c1-4-22(5-2)13-17(15-9-6-7-12-19(15)30-22)25-20(27)14-26(31(3,28)29)18-11-8-10-16(23)21(18)24/h6-12,17H,4-5,13-14H2,1-3H3,(H,25,27)/t17-/m1/s1. The van der Waals surface area contributed by atoms with E-state index in [1.54, 1.807) is 12.1 Å². The van der Waals surface area contributed by atoms with Gasteiger partial charge in [-0.25, -0.2) is 8.42 Å². The number of fused-ring (bicyclic) bond motifs is 1. The fourth-order valence-electron chi connectivity index (χ4n) is 3.87. The highest BCUT2D eigenvalue weighted by atomic mass is 35.5. The van der Waals surface area contributed by atoms with Gasteiger partial charge in [0.25, 0.3) is 0 Å². The molecule has 2 aromatic rings. The summed E-state index contributed by atoms with van der Waals surface area (Å²) in [5, 5.41) is 3.29. The lowest BCUT2D eigenvalue weighted by Crippen LogP contribution is -2.47. The average molecular weight is 485 g/mol. The Kier molecular flexibility index (Phi) is 7.08. The summed E-state index contributed by atoms with van der Waals surface area (Å²) < 4.78 is 32.1. The van der Waals surface area contributed by atoms with Crippen LogP contribution in [-0.2, 0) is 14.8 Å². The number of halogens is 2. The Morgan fingerprint density at radius 3 is 2.48 bits per heavy atom. The summed E-state index contributed by atoms with van der Waals surface area (Å²) in [4.78, 5) is 13.0. The lowest BCUT2D eigenvalue weighted by molar-refractivity contribution is -0.121. The van der Waals surface area contributed by atoms with Gasteiger partial charge >= 0.3 is 0 Å². The lowest BCUT2D eigenvalue weighted by Gasteiger charge is -2.41. The molecule has 0 bridgehead atoms. The van der Waals surface area contributed by atoms with Gasteiger partial charge in [0, 0.05) is 12.0 Å². The minimum atomic E-state index is -3.78. The van der Waals surface area contributed by atoms with Gasteiger partial charge in [0.2, 0.25) is 15.9 Å². The first-order valence-corrected chi connectivity index (χ1v) is 12.7. The van der Waals surface area contributed by atoms with Crippen LogP contribution in [0.5, 0.6) is 5.75 Å². The molecule has 3 rings (SSSR count). The molecule has 1 aliphatic rings. The van der Waals surface area contributed by atoms with Crippen molar-refractivity contribution in [2.45, 2.75) is 44.8 Å². The molecule has 0 spiro atoms. The minimum Gasteiger partial charge on any atom is -0.487 e. The summed E-state index contributed by atoms with van der Waals surface area (Å²) in [5.74, 6) is 0.296. The molecule has 0 unspecified atom stereocenters. The predicted octanol–water partition coefficient (Wildman–Crippen LogP) is 4.96. The number of ether oxygens (including phenoxy) is 1. The van der Waals surface area contributed by atoms with Crippen LogP contribution in [0.15, 0.2) is 42.5 Å². The van der Waals surface area contributed by atoms with E-state index in [1.165, 1.54) is 6.07 Å². The van der Waals surface area contributed by atoms with Gasteiger partial charge in [0.1, 0.15) is 17.9 Å². The number of hydrogen-bond acceptors (Lipinski definition) is 4. The first-order chi connectivity index (χ1) is 14.6. The number of sulfonamides is 1. The summed E-state index contributed by atoms with van der Waals surface area (Å²) in [6.45, 7) is 3.70. The van der Waals surface area contributed by atoms with Gasteiger partial charge in [-0.3, -0.25) is 9.10 Å². The van der Waals surface area contributed by atoms with Crippen molar-refractivity contribution in [2.75, 3.05) is 17.1 Å². The van der Waals surface area contributed by atoms with Gasteiger partial charge in [-0.1, -0.05) is 61.3 Å².